The Kier molecular flexibility index (Phi) is 4.33. The molecular formula is C15H12Cl2N2O4S. The normalized spacial score (nSPS) is 17.1. The van der Waals surface area contributed by atoms with Crippen molar-refractivity contribution in [2.24, 2.45) is 5.73 Å². The van der Waals surface area contributed by atoms with Crippen LogP contribution in [0.2, 0.25) is 10.0 Å². The first-order valence-electron chi connectivity index (χ1n) is 6.83. The lowest BCUT2D eigenvalue weighted by atomic mass is 10.2. The molecule has 0 saturated heterocycles. The third-order valence-electron chi connectivity index (χ3n) is 3.53. The monoisotopic (exact) mass is 386 g/mol. The van der Waals surface area contributed by atoms with Crippen molar-refractivity contribution < 1.29 is 17.9 Å². The summed E-state index contributed by atoms with van der Waals surface area (Å²) in [7, 11) is -3.98. The molecule has 0 radical (unpaired) electrons. The van der Waals surface area contributed by atoms with Crippen LogP contribution in [0.15, 0.2) is 47.4 Å². The van der Waals surface area contributed by atoms with Crippen molar-refractivity contribution in [3.63, 3.8) is 0 Å². The number of sulfonamides is 1. The summed E-state index contributed by atoms with van der Waals surface area (Å²) in [5.41, 5.74) is 5.61. The fourth-order valence-electron chi connectivity index (χ4n) is 2.34. The molecule has 0 spiro atoms. The highest BCUT2D eigenvalue weighted by Crippen LogP contribution is 2.37. The Balaban J connectivity index is 2.12. The highest BCUT2D eigenvalue weighted by Gasteiger charge is 2.36. The van der Waals surface area contributed by atoms with Crippen LogP contribution in [0.3, 0.4) is 0 Å². The van der Waals surface area contributed by atoms with Gasteiger partial charge in [0, 0.05) is 0 Å². The van der Waals surface area contributed by atoms with Gasteiger partial charge in [-0.05, 0) is 30.3 Å². The number of hydrogen-bond acceptors (Lipinski definition) is 4. The molecule has 1 aliphatic heterocycles. The first-order valence-corrected chi connectivity index (χ1v) is 9.03. The van der Waals surface area contributed by atoms with Gasteiger partial charge in [0.2, 0.25) is 0 Å². The number of nitrogens with zero attached hydrogens (tertiary/aromatic N) is 1. The Morgan fingerprint density at radius 2 is 1.88 bits per heavy atom. The molecule has 0 aromatic heterocycles. The number of ether oxygens (including phenoxy) is 1. The van der Waals surface area contributed by atoms with Crippen molar-refractivity contribution in [3.05, 3.63) is 52.5 Å². The lowest BCUT2D eigenvalue weighted by molar-refractivity contribution is -0.124. The summed E-state index contributed by atoms with van der Waals surface area (Å²) in [6.07, 6.45) is -1.09. The molecule has 24 heavy (non-hydrogen) atoms. The fraction of sp³-hybridized carbons (Fsp3) is 0.133. The zero-order valence-electron chi connectivity index (χ0n) is 12.1. The number of hydrogen-bond donors (Lipinski definition) is 1. The molecule has 126 valence electrons. The van der Waals surface area contributed by atoms with Crippen LogP contribution in [-0.2, 0) is 14.8 Å². The van der Waals surface area contributed by atoms with Gasteiger partial charge in [0.05, 0.1) is 27.2 Å². The predicted octanol–water partition coefficient (Wildman–Crippen LogP) is 2.44. The predicted molar refractivity (Wildman–Crippen MR) is 91.0 cm³/mol. The minimum absolute atomic E-state index is 0.0446. The second-order valence-electron chi connectivity index (χ2n) is 5.09. The van der Waals surface area contributed by atoms with E-state index in [1.165, 1.54) is 18.2 Å². The van der Waals surface area contributed by atoms with Crippen LogP contribution in [0.4, 0.5) is 5.69 Å². The first-order chi connectivity index (χ1) is 11.3. The van der Waals surface area contributed by atoms with Crippen LogP contribution < -0.4 is 14.8 Å². The smallest absolute Gasteiger partial charge is 0.264 e. The van der Waals surface area contributed by atoms with Crippen LogP contribution in [0.25, 0.3) is 0 Å². The molecule has 2 aromatic carbocycles. The number of benzene rings is 2. The molecule has 3 rings (SSSR count). The maximum absolute atomic E-state index is 13.0. The summed E-state index contributed by atoms with van der Waals surface area (Å²) in [5.74, 6) is -0.491. The number of primary amides is 1. The number of anilines is 1. The summed E-state index contributed by atoms with van der Waals surface area (Å²) < 4.78 is 32.6. The lowest BCUT2D eigenvalue weighted by Gasteiger charge is -2.34. The number of carbonyl (C=O) groups excluding carboxylic acids is 1. The Morgan fingerprint density at radius 3 is 2.54 bits per heavy atom. The fourth-order valence-corrected chi connectivity index (χ4v) is 4.21. The van der Waals surface area contributed by atoms with Crippen LogP contribution in [0.5, 0.6) is 5.75 Å². The van der Waals surface area contributed by atoms with Gasteiger partial charge in [-0.3, -0.25) is 9.10 Å². The Morgan fingerprint density at radius 1 is 1.17 bits per heavy atom. The molecule has 0 unspecified atom stereocenters. The van der Waals surface area contributed by atoms with Crippen LogP contribution in [0, 0.1) is 0 Å². The van der Waals surface area contributed by atoms with Gasteiger partial charge in [-0.15, -0.1) is 0 Å². The lowest BCUT2D eigenvalue weighted by Crippen LogP contribution is -2.49. The topological polar surface area (TPSA) is 89.7 Å². The van der Waals surface area contributed by atoms with Crippen molar-refractivity contribution in [1.29, 1.82) is 0 Å². The van der Waals surface area contributed by atoms with E-state index in [4.69, 9.17) is 33.7 Å². The SMILES string of the molecule is NC(=O)[C@@H]1CN(S(=O)(=O)c2ccc(Cl)c(Cl)c2)c2ccccc2O1. The van der Waals surface area contributed by atoms with E-state index >= 15 is 0 Å². The van der Waals surface area contributed by atoms with E-state index in [-0.39, 0.29) is 27.2 Å². The second-order valence-corrected chi connectivity index (χ2v) is 7.77. The summed E-state index contributed by atoms with van der Waals surface area (Å²) >= 11 is 11.8. The van der Waals surface area contributed by atoms with Gasteiger partial charge in [-0.1, -0.05) is 35.3 Å². The average Bonchev–Trinajstić information content (AvgIpc) is 2.56. The third-order valence-corrected chi connectivity index (χ3v) is 6.05. The molecule has 9 heteroatoms. The number of para-hydroxylation sites is 2. The molecule has 2 N–H and O–H groups in total. The third kappa shape index (κ3) is 2.90. The van der Waals surface area contributed by atoms with E-state index in [1.54, 1.807) is 24.3 Å². The summed E-state index contributed by atoms with van der Waals surface area (Å²) in [6, 6.07) is 10.5. The van der Waals surface area contributed by atoms with Crippen LogP contribution in [0.1, 0.15) is 0 Å². The van der Waals surface area contributed by atoms with E-state index in [9.17, 15) is 13.2 Å². The van der Waals surface area contributed by atoms with Gasteiger partial charge < -0.3 is 10.5 Å². The van der Waals surface area contributed by atoms with Crippen molar-refractivity contribution in [2.75, 3.05) is 10.8 Å². The maximum Gasteiger partial charge on any atom is 0.264 e. The number of rotatable bonds is 3. The quantitative estimate of drug-likeness (QED) is 0.876. The maximum atomic E-state index is 13.0. The molecule has 0 fully saturated rings. The summed E-state index contributed by atoms with van der Waals surface area (Å²) in [6.45, 7) is -0.227. The van der Waals surface area contributed by atoms with Crippen molar-refractivity contribution in [3.8, 4) is 5.75 Å². The molecule has 1 atom stereocenters. The Bertz CT molecular complexity index is 917. The number of nitrogens with two attached hydrogens (primary N) is 1. The van der Waals surface area contributed by atoms with E-state index in [0.29, 0.717) is 5.69 Å². The molecular weight excluding hydrogens is 375 g/mol. The number of amides is 1. The van der Waals surface area contributed by atoms with Crippen LogP contribution >= 0.6 is 23.2 Å². The van der Waals surface area contributed by atoms with Crippen molar-refractivity contribution in [1.82, 2.24) is 0 Å². The van der Waals surface area contributed by atoms with Crippen molar-refractivity contribution >= 4 is 44.8 Å². The van der Waals surface area contributed by atoms with Gasteiger partial charge >= 0.3 is 0 Å². The molecule has 1 amide bonds. The molecule has 0 bridgehead atoms. The Labute approximate surface area is 148 Å². The van der Waals surface area contributed by atoms with E-state index in [0.717, 1.165) is 4.31 Å². The zero-order valence-corrected chi connectivity index (χ0v) is 14.5. The van der Waals surface area contributed by atoms with Gasteiger partial charge in [0.25, 0.3) is 15.9 Å². The van der Waals surface area contributed by atoms with Gasteiger partial charge in [0.15, 0.2) is 6.10 Å². The molecule has 0 saturated carbocycles. The minimum Gasteiger partial charge on any atom is -0.476 e. The number of fused-ring (bicyclic) bond motifs is 1. The minimum atomic E-state index is -3.98. The second kappa shape index (κ2) is 6.16. The van der Waals surface area contributed by atoms with E-state index in [2.05, 4.69) is 0 Å². The standard InChI is InChI=1S/C15H12Cl2N2O4S/c16-10-6-5-9(7-11(10)17)24(21,22)19-8-14(15(18)20)23-13-4-2-1-3-12(13)19/h1-7,14H,8H2,(H2,18,20)/t14-/m0/s1. The molecule has 1 heterocycles. The Hall–Kier alpha value is -1.96. The largest absolute Gasteiger partial charge is 0.476 e. The average molecular weight is 387 g/mol. The molecule has 0 aliphatic carbocycles. The zero-order chi connectivity index (χ0) is 17.5. The summed E-state index contributed by atoms with van der Waals surface area (Å²) in [5, 5.41) is 0.360. The van der Waals surface area contributed by atoms with Crippen LogP contribution in [-0.4, -0.2) is 27.0 Å². The highest BCUT2D eigenvalue weighted by atomic mass is 35.5. The summed E-state index contributed by atoms with van der Waals surface area (Å²) in [4.78, 5) is 11.5. The van der Waals surface area contributed by atoms with Gasteiger partial charge in [-0.25, -0.2) is 8.42 Å². The van der Waals surface area contributed by atoms with Crippen molar-refractivity contribution in [2.45, 2.75) is 11.0 Å². The first kappa shape index (κ1) is 16.9. The molecule has 6 nitrogen and oxygen atoms in total. The highest BCUT2D eigenvalue weighted by molar-refractivity contribution is 7.92. The molecule has 2 aromatic rings. The van der Waals surface area contributed by atoms with Gasteiger partial charge in [-0.2, -0.15) is 0 Å². The molecule has 1 aliphatic rings. The van der Waals surface area contributed by atoms with E-state index < -0.39 is 22.0 Å². The number of halogens is 2. The number of carbonyl (C=O) groups is 1. The van der Waals surface area contributed by atoms with Gasteiger partial charge in [0.1, 0.15) is 5.75 Å². The van der Waals surface area contributed by atoms with E-state index in [1.807, 2.05) is 0 Å².